The number of hydrogen-bond acceptors (Lipinski definition) is 3. The standard InChI is InChI=1S/C15H19FN4O/c1-10-11(2)20(9-18-10)7-3-4-15(21)19-14-8-12(17)5-6-13(14)16/h5-6,8-9H,3-4,7,17H2,1-2H3,(H,19,21). The molecular weight excluding hydrogens is 271 g/mol. The molecule has 1 amide bonds. The number of carbonyl (C=O) groups excluding carboxylic acids is 1. The van der Waals surface area contributed by atoms with Gasteiger partial charge in [0, 0.05) is 24.3 Å². The lowest BCUT2D eigenvalue weighted by atomic mass is 10.2. The van der Waals surface area contributed by atoms with Crippen molar-refractivity contribution < 1.29 is 9.18 Å². The molecule has 0 atom stereocenters. The molecule has 0 bridgehead atoms. The molecule has 21 heavy (non-hydrogen) atoms. The first-order valence-electron chi connectivity index (χ1n) is 6.80. The Hall–Kier alpha value is -2.37. The molecule has 1 heterocycles. The van der Waals surface area contributed by atoms with E-state index < -0.39 is 5.82 Å². The van der Waals surface area contributed by atoms with Gasteiger partial charge in [-0.3, -0.25) is 4.79 Å². The van der Waals surface area contributed by atoms with Crippen molar-refractivity contribution in [2.24, 2.45) is 0 Å². The number of nitrogens with zero attached hydrogens (tertiary/aromatic N) is 2. The molecule has 0 unspecified atom stereocenters. The average molecular weight is 290 g/mol. The molecule has 6 heteroatoms. The maximum atomic E-state index is 13.5. The summed E-state index contributed by atoms with van der Waals surface area (Å²) in [6.07, 6.45) is 2.73. The minimum absolute atomic E-state index is 0.120. The van der Waals surface area contributed by atoms with Gasteiger partial charge in [0.15, 0.2) is 0 Å². The number of aryl methyl sites for hydroxylation is 2. The number of nitrogens with two attached hydrogens (primary N) is 1. The summed E-state index contributed by atoms with van der Waals surface area (Å²) < 4.78 is 15.5. The number of rotatable bonds is 5. The van der Waals surface area contributed by atoms with Gasteiger partial charge >= 0.3 is 0 Å². The van der Waals surface area contributed by atoms with Gasteiger partial charge in [-0.05, 0) is 38.5 Å². The molecule has 2 rings (SSSR count). The lowest BCUT2D eigenvalue weighted by molar-refractivity contribution is -0.116. The molecule has 2 aromatic rings. The van der Waals surface area contributed by atoms with Gasteiger partial charge in [-0.1, -0.05) is 0 Å². The van der Waals surface area contributed by atoms with Crippen LogP contribution in [0.15, 0.2) is 24.5 Å². The zero-order valence-corrected chi connectivity index (χ0v) is 12.2. The van der Waals surface area contributed by atoms with Crippen molar-refractivity contribution in [3.05, 3.63) is 41.7 Å². The molecule has 0 aliphatic carbocycles. The molecule has 112 valence electrons. The molecule has 3 N–H and O–H groups in total. The quantitative estimate of drug-likeness (QED) is 0.831. The zero-order valence-electron chi connectivity index (χ0n) is 12.2. The van der Waals surface area contributed by atoms with E-state index in [4.69, 9.17) is 5.73 Å². The van der Waals surface area contributed by atoms with Crippen LogP contribution in [0.4, 0.5) is 15.8 Å². The SMILES string of the molecule is Cc1ncn(CCCC(=O)Nc2cc(N)ccc2F)c1C. The van der Waals surface area contributed by atoms with Crippen LogP contribution in [0.1, 0.15) is 24.2 Å². The van der Waals surface area contributed by atoms with Crippen LogP contribution in [-0.2, 0) is 11.3 Å². The highest BCUT2D eigenvalue weighted by Gasteiger charge is 2.08. The van der Waals surface area contributed by atoms with Crippen LogP contribution in [-0.4, -0.2) is 15.5 Å². The number of anilines is 2. The number of halogens is 1. The van der Waals surface area contributed by atoms with Gasteiger partial charge in [-0.15, -0.1) is 0 Å². The molecule has 0 aliphatic rings. The minimum atomic E-state index is -0.487. The zero-order chi connectivity index (χ0) is 15.4. The highest BCUT2D eigenvalue weighted by Crippen LogP contribution is 2.17. The van der Waals surface area contributed by atoms with Crippen LogP contribution < -0.4 is 11.1 Å². The van der Waals surface area contributed by atoms with Crippen molar-refractivity contribution in [3.63, 3.8) is 0 Å². The van der Waals surface area contributed by atoms with Gasteiger partial charge < -0.3 is 15.6 Å². The number of imidazole rings is 1. The maximum absolute atomic E-state index is 13.5. The summed E-state index contributed by atoms with van der Waals surface area (Å²) in [5.74, 6) is -0.715. The van der Waals surface area contributed by atoms with Crippen molar-refractivity contribution in [1.82, 2.24) is 9.55 Å². The topological polar surface area (TPSA) is 72.9 Å². The number of nitrogen functional groups attached to an aromatic ring is 1. The largest absolute Gasteiger partial charge is 0.399 e. The molecule has 1 aromatic carbocycles. The number of amides is 1. The molecular formula is C15H19FN4O. The van der Waals surface area contributed by atoms with Crippen molar-refractivity contribution >= 4 is 17.3 Å². The van der Waals surface area contributed by atoms with Crippen LogP contribution in [0.3, 0.4) is 0 Å². The molecule has 0 aliphatic heterocycles. The summed E-state index contributed by atoms with van der Waals surface area (Å²) in [6.45, 7) is 4.64. The normalized spacial score (nSPS) is 10.6. The second-order valence-corrected chi connectivity index (χ2v) is 5.00. The summed E-state index contributed by atoms with van der Waals surface area (Å²) in [5.41, 5.74) is 8.19. The van der Waals surface area contributed by atoms with E-state index in [1.165, 1.54) is 18.2 Å². The minimum Gasteiger partial charge on any atom is -0.399 e. The van der Waals surface area contributed by atoms with E-state index in [-0.39, 0.29) is 11.6 Å². The Bertz CT molecular complexity index is 651. The predicted molar refractivity (Wildman–Crippen MR) is 80.4 cm³/mol. The van der Waals surface area contributed by atoms with Crippen LogP contribution in [0, 0.1) is 19.7 Å². The van der Waals surface area contributed by atoms with E-state index in [0.29, 0.717) is 25.1 Å². The van der Waals surface area contributed by atoms with Crippen LogP contribution in [0.25, 0.3) is 0 Å². The second kappa shape index (κ2) is 6.39. The third kappa shape index (κ3) is 3.81. The van der Waals surface area contributed by atoms with Gasteiger partial charge in [0.2, 0.25) is 5.91 Å². The smallest absolute Gasteiger partial charge is 0.224 e. The van der Waals surface area contributed by atoms with Crippen molar-refractivity contribution in [2.45, 2.75) is 33.2 Å². The Morgan fingerprint density at radius 1 is 1.43 bits per heavy atom. The monoisotopic (exact) mass is 290 g/mol. The van der Waals surface area contributed by atoms with E-state index in [1.54, 1.807) is 6.33 Å². The molecule has 0 spiro atoms. The molecule has 0 saturated heterocycles. The average Bonchev–Trinajstić information content (AvgIpc) is 2.75. The van der Waals surface area contributed by atoms with E-state index in [0.717, 1.165) is 11.4 Å². The van der Waals surface area contributed by atoms with Gasteiger partial charge in [0.25, 0.3) is 0 Å². The maximum Gasteiger partial charge on any atom is 0.224 e. The fourth-order valence-electron chi connectivity index (χ4n) is 2.03. The van der Waals surface area contributed by atoms with E-state index >= 15 is 0 Å². The van der Waals surface area contributed by atoms with Gasteiger partial charge in [0.05, 0.1) is 17.7 Å². The summed E-state index contributed by atoms with van der Waals surface area (Å²) in [7, 11) is 0. The lowest BCUT2D eigenvalue weighted by Crippen LogP contribution is -2.13. The lowest BCUT2D eigenvalue weighted by Gasteiger charge is -2.08. The second-order valence-electron chi connectivity index (χ2n) is 5.00. The molecule has 5 nitrogen and oxygen atoms in total. The Morgan fingerprint density at radius 3 is 2.86 bits per heavy atom. The molecule has 1 aromatic heterocycles. The summed E-state index contributed by atoms with van der Waals surface area (Å²) in [4.78, 5) is 16.0. The molecule has 0 radical (unpaired) electrons. The Kier molecular flexibility index (Phi) is 4.57. The first-order chi connectivity index (χ1) is 9.97. The molecule has 0 fully saturated rings. The first kappa shape index (κ1) is 15.0. The van der Waals surface area contributed by atoms with Gasteiger partial charge in [-0.2, -0.15) is 0 Å². The van der Waals surface area contributed by atoms with Crippen molar-refractivity contribution in [3.8, 4) is 0 Å². The van der Waals surface area contributed by atoms with Gasteiger partial charge in [-0.25, -0.2) is 9.37 Å². The predicted octanol–water partition coefficient (Wildman–Crippen LogP) is 2.64. The Balaban J connectivity index is 1.85. The third-order valence-corrected chi connectivity index (χ3v) is 3.41. The third-order valence-electron chi connectivity index (χ3n) is 3.41. The Morgan fingerprint density at radius 2 is 2.19 bits per heavy atom. The van der Waals surface area contributed by atoms with E-state index in [1.807, 2.05) is 18.4 Å². The Labute approximate surface area is 123 Å². The first-order valence-corrected chi connectivity index (χ1v) is 6.80. The van der Waals surface area contributed by atoms with Crippen LogP contribution >= 0.6 is 0 Å². The fourth-order valence-corrected chi connectivity index (χ4v) is 2.03. The van der Waals surface area contributed by atoms with E-state index in [9.17, 15) is 9.18 Å². The summed E-state index contributed by atoms with van der Waals surface area (Å²) in [6, 6.07) is 4.11. The molecule has 0 saturated carbocycles. The highest BCUT2D eigenvalue weighted by atomic mass is 19.1. The number of benzene rings is 1. The number of hydrogen-bond donors (Lipinski definition) is 2. The van der Waals surface area contributed by atoms with Crippen molar-refractivity contribution in [1.29, 1.82) is 0 Å². The van der Waals surface area contributed by atoms with Crippen LogP contribution in [0.5, 0.6) is 0 Å². The summed E-state index contributed by atoms with van der Waals surface area (Å²) in [5, 5.41) is 2.54. The highest BCUT2D eigenvalue weighted by molar-refractivity contribution is 5.91. The van der Waals surface area contributed by atoms with Crippen molar-refractivity contribution in [2.75, 3.05) is 11.1 Å². The summed E-state index contributed by atoms with van der Waals surface area (Å²) >= 11 is 0. The van der Waals surface area contributed by atoms with Gasteiger partial charge in [0.1, 0.15) is 5.82 Å². The number of carbonyl (C=O) groups is 1. The van der Waals surface area contributed by atoms with E-state index in [2.05, 4.69) is 10.3 Å². The van der Waals surface area contributed by atoms with Crippen LogP contribution in [0.2, 0.25) is 0 Å². The fraction of sp³-hybridized carbons (Fsp3) is 0.333. The number of aromatic nitrogens is 2. The number of nitrogens with one attached hydrogen (secondary N) is 1.